The molecule has 1 aliphatic rings. The molecule has 1 aromatic heterocycles. The van der Waals surface area contributed by atoms with Crippen molar-refractivity contribution in [3.8, 4) is 0 Å². The molecule has 8 heteroatoms. The predicted octanol–water partition coefficient (Wildman–Crippen LogP) is 3.30. The van der Waals surface area contributed by atoms with E-state index >= 15 is 0 Å². The van der Waals surface area contributed by atoms with E-state index in [1.165, 1.54) is 6.42 Å². The normalized spacial score (nSPS) is 23.0. The zero-order valence-electron chi connectivity index (χ0n) is 11.7. The second-order valence-electron chi connectivity index (χ2n) is 5.46. The number of nitrogens with one attached hydrogen (secondary N) is 1. The van der Waals surface area contributed by atoms with Crippen LogP contribution in [0, 0.1) is 11.8 Å². The van der Waals surface area contributed by atoms with E-state index in [0.29, 0.717) is 29.7 Å². The van der Waals surface area contributed by atoms with Crippen molar-refractivity contribution in [1.82, 2.24) is 10.3 Å². The number of nitrogen functional groups attached to an aromatic ring is 1. The molecule has 0 spiro atoms. The van der Waals surface area contributed by atoms with Crippen LogP contribution in [0.25, 0.3) is 0 Å². The number of hydrogen-bond donors (Lipinski definition) is 2. The molecule has 0 aliphatic heterocycles. The fraction of sp³-hybridized carbons (Fsp3) is 0.692. The summed E-state index contributed by atoms with van der Waals surface area (Å²) in [4.78, 5) is 14.7. The van der Waals surface area contributed by atoms with Gasteiger partial charge in [0.2, 0.25) is 0 Å². The van der Waals surface area contributed by atoms with Gasteiger partial charge in [0.05, 0.1) is 0 Å². The Morgan fingerprint density at radius 3 is 2.71 bits per heavy atom. The van der Waals surface area contributed by atoms with Gasteiger partial charge < -0.3 is 11.1 Å². The lowest BCUT2D eigenvalue weighted by Crippen LogP contribution is -2.33. The Balaban J connectivity index is 2.03. The fourth-order valence-corrected chi connectivity index (χ4v) is 3.45. The van der Waals surface area contributed by atoms with E-state index in [9.17, 15) is 18.0 Å². The van der Waals surface area contributed by atoms with Gasteiger partial charge in [-0.05, 0) is 18.3 Å². The van der Waals surface area contributed by atoms with Gasteiger partial charge in [-0.15, -0.1) is 0 Å². The molecule has 1 fully saturated rings. The van der Waals surface area contributed by atoms with E-state index in [-0.39, 0.29) is 5.13 Å². The van der Waals surface area contributed by atoms with Crippen LogP contribution in [-0.4, -0.2) is 17.4 Å². The van der Waals surface area contributed by atoms with Gasteiger partial charge in [-0.25, -0.2) is 4.98 Å². The monoisotopic (exact) mass is 321 g/mol. The van der Waals surface area contributed by atoms with E-state index in [0.717, 1.165) is 19.3 Å². The highest BCUT2D eigenvalue weighted by Gasteiger charge is 2.39. The summed E-state index contributed by atoms with van der Waals surface area (Å²) in [6.45, 7) is 2.51. The summed E-state index contributed by atoms with van der Waals surface area (Å²) in [6, 6.07) is 0. The highest BCUT2D eigenvalue weighted by molar-refractivity contribution is 7.17. The summed E-state index contributed by atoms with van der Waals surface area (Å²) < 4.78 is 38.4. The fourth-order valence-electron chi connectivity index (χ4n) is 2.68. The molecule has 21 heavy (non-hydrogen) atoms. The second kappa shape index (κ2) is 6.21. The number of hydrogen-bond acceptors (Lipinski definition) is 4. The van der Waals surface area contributed by atoms with Gasteiger partial charge in [0.15, 0.2) is 10.8 Å². The molecule has 2 atom stereocenters. The molecular weight excluding hydrogens is 303 g/mol. The van der Waals surface area contributed by atoms with Crippen molar-refractivity contribution in [2.24, 2.45) is 11.8 Å². The molecule has 118 valence electrons. The van der Waals surface area contributed by atoms with Gasteiger partial charge in [0.25, 0.3) is 5.91 Å². The third kappa shape index (κ3) is 3.87. The number of carbonyl (C=O) groups excluding carboxylic acids is 1. The van der Waals surface area contributed by atoms with Gasteiger partial charge in [0.1, 0.15) is 4.88 Å². The highest BCUT2D eigenvalue weighted by atomic mass is 32.1. The van der Waals surface area contributed by atoms with Gasteiger partial charge >= 0.3 is 6.18 Å². The summed E-state index contributed by atoms with van der Waals surface area (Å²) in [7, 11) is 0. The average Bonchev–Trinajstić information content (AvgIpc) is 2.80. The summed E-state index contributed by atoms with van der Waals surface area (Å²) in [5.41, 5.74) is 4.11. The molecule has 0 saturated heterocycles. The molecule has 0 radical (unpaired) electrons. The van der Waals surface area contributed by atoms with E-state index in [1.807, 2.05) is 0 Å². The topological polar surface area (TPSA) is 68.0 Å². The Morgan fingerprint density at radius 1 is 1.43 bits per heavy atom. The average molecular weight is 321 g/mol. The maximum absolute atomic E-state index is 12.8. The van der Waals surface area contributed by atoms with Crippen molar-refractivity contribution < 1.29 is 18.0 Å². The summed E-state index contributed by atoms with van der Waals surface area (Å²) in [5.74, 6) is 0.0595. The molecule has 0 bridgehead atoms. The summed E-state index contributed by atoms with van der Waals surface area (Å²) in [6.07, 6.45) is -0.291. The molecule has 1 aromatic rings. The standard InChI is InChI=1S/C13H18F3N3OS/c1-7-4-2-3-5-8(7)6-18-11(20)9-10(13(14,15)16)19-12(17)21-9/h7-8H,2-6H2,1H3,(H2,17,19)(H,18,20). The highest BCUT2D eigenvalue weighted by Crippen LogP contribution is 2.35. The first-order valence-corrected chi connectivity index (χ1v) is 7.72. The van der Waals surface area contributed by atoms with Crippen LogP contribution in [-0.2, 0) is 6.18 Å². The molecular formula is C13H18F3N3OS. The lowest BCUT2D eigenvalue weighted by Gasteiger charge is -2.28. The second-order valence-corrected chi connectivity index (χ2v) is 6.49. The quantitative estimate of drug-likeness (QED) is 0.897. The Hall–Kier alpha value is -1.31. The minimum absolute atomic E-state index is 0.251. The Labute approximate surface area is 124 Å². The van der Waals surface area contributed by atoms with Gasteiger partial charge in [-0.1, -0.05) is 37.5 Å². The lowest BCUT2D eigenvalue weighted by atomic mass is 9.80. The number of amides is 1. The maximum Gasteiger partial charge on any atom is 0.435 e. The Morgan fingerprint density at radius 2 is 2.10 bits per heavy atom. The first kappa shape index (κ1) is 16.1. The minimum atomic E-state index is -4.67. The molecule has 4 nitrogen and oxygen atoms in total. The van der Waals surface area contributed by atoms with Crippen LogP contribution >= 0.6 is 11.3 Å². The number of alkyl halides is 3. The van der Waals surface area contributed by atoms with Crippen molar-refractivity contribution in [2.75, 3.05) is 12.3 Å². The van der Waals surface area contributed by atoms with Crippen LogP contribution in [0.15, 0.2) is 0 Å². The number of nitrogens with zero attached hydrogens (tertiary/aromatic N) is 1. The summed E-state index contributed by atoms with van der Waals surface area (Å²) in [5, 5.41) is 2.35. The first-order valence-electron chi connectivity index (χ1n) is 6.90. The van der Waals surface area contributed by atoms with Crippen LogP contribution in [0.3, 0.4) is 0 Å². The SMILES string of the molecule is CC1CCCCC1CNC(=O)c1sc(N)nc1C(F)(F)F. The number of aromatic nitrogens is 1. The Kier molecular flexibility index (Phi) is 4.75. The molecule has 1 aliphatic carbocycles. The van der Waals surface area contributed by atoms with Gasteiger partial charge in [-0.2, -0.15) is 13.2 Å². The van der Waals surface area contributed by atoms with E-state index < -0.39 is 22.7 Å². The smallest absolute Gasteiger partial charge is 0.375 e. The first-order chi connectivity index (χ1) is 9.79. The number of nitrogens with two attached hydrogens (primary N) is 1. The van der Waals surface area contributed by atoms with E-state index in [2.05, 4.69) is 17.2 Å². The van der Waals surface area contributed by atoms with Crippen molar-refractivity contribution in [3.05, 3.63) is 10.6 Å². The number of thiazole rings is 1. The zero-order chi connectivity index (χ0) is 15.6. The van der Waals surface area contributed by atoms with Crippen molar-refractivity contribution in [2.45, 2.75) is 38.8 Å². The molecule has 3 N–H and O–H groups in total. The minimum Gasteiger partial charge on any atom is -0.375 e. The Bertz CT molecular complexity index is 515. The lowest BCUT2D eigenvalue weighted by molar-refractivity contribution is -0.141. The molecule has 2 rings (SSSR count). The number of carbonyl (C=O) groups is 1. The molecule has 1 heterocycles. The van der Waals surface area contributed by atoms with Crippen molar-refractivity contribution in [3.63, 3.8) is 0 Å². The maximum atomic E-state index is 12.8. The van der Waals surface area contributed by atoms with Gasteiger partial charge in [-0.3, -0.25) is 4.79 Å². The number of rotatable bonds is 3. The molecule has 0 aromatic carbocycles. The van der Waals surface area contributed by atoms with E-state index in [4.69, 9.17) is 5.73 Å². The van der Waals surface area contributed by atoms with Crippen LogP contribution in [0.5, 0.6) is 0 Å². The van der Waals surface area contributed by atoms with Crippen LogP contribution < -0.4 is 11.1 Å². The van der Waals surface area contributed by atoms with Crippen LogP contribution in [0.2, 0.25) is 0 Å². The van der Waals surface area contributed by atoms with Crippen LogP contribution in [0.4, 0.5) is 18.3 Å². The van der Waals surface area contributed by atoms with Crippen molar-refractivity contribution in [1.29, 1.82) is 0 Å². The largest absolute Gasteiger partial charge is 0.435 e. The van der Waals surface area contributed by atoms with Crippen molar-refractivity contribution >= 4 is 22.4 Å². The predicted molar refractivity (Wildman–Crippen MR) is 75.0 cm³/mol. The van der Waals surface area contributed by atoms with Gasteiger partial charge in [0, 0.05) is 6.54 Å². The van der Waals surface area contributed by atoms with E-state index in [1.54, 1.807) is 0 Å². The summed E-state index contributed by atoms with van der Waals surface area (Å²) >= 11 is 0.571. The molecule has 1 amide bonds. The zero-order valence-corrected chi connectivity index (χ0v) is 12.5. The number of halogens is 3. The number of anilines is 1. The molecule has 1 saturated carbocycles. The van der Waals surface area contributed by atoms with Crippen LogP contribution in [0.1, 0.15) is 48.0 Å². The third-order valence-electron chi connectivity index (χ3n) is 3.93. The third-order valence-corrected chi connectivity index (χ3v) is 4.82. The molecule has 2 unspecified atom stereocenters.